The number of alkyl carbamates (subject to hydrolysis) is 1. The molecular weight excluding hydrogens is 376 g/mol. The van der Waals surface area contributed by atoms with Crippen LogP contribution in [0.4, 0.5) is 13.6 Å². The lowest BCUT2D eigenvalue weighted by Crippen LogP contribution is -2.34. The van der Waals surface area contributed by atoms with Crippen molar-refractivity contribution in [2.24, 2.45) is 0 Å². The van der Waals surface area contributed by atoms with Crippen molar-refractivity contribution in [3.05, 3.63) is 89.5 Å². The highest BCUT2D eigenvalue weighted by molar-refractivity contribution is 5.74. The number of ether oxygens (including phenoxy) is 2. The van der Waals surface area contributed by atoms with Gasteiger partial charge in [0.2, 0.25) is 0 Å². The zero-order valence-corrected chi connectivity index (χ0v) is 15.5. The van der Waals surface area contributed by atoms with E-state index in [-0.39, 0.29) is 24.8 Å². The van der Waals surface area contributed by atoms with Crippen molar-refractivity contribution in [2.75, 3.05) is 6.54 Å². The second-order valence-corrected chi connectivity index (χ2v) is 6.78. The largest absolute Gasteiger partial charge is 0.487 e. The van der Waals surface area contributed by atoms with Gasteiger partial charge in [-0.2, -0.15) is 0 Å². The van der Waals surface area contributed by atoms with Crippen molar-refractivity contribution in [3.8, 4) is 16.9 Å². The fraction of sp³-hybridized carbons (Fsp3) is 0.174. The second kappa shape index (κ2) is 8.31. The van der Waals surface area contributed by atoms with Crippen molar-refractivity contribution >= 4 is 6.09 Å². The van der Waals surface area contributed by atoms with Gasteiger partial charge in [-0.05, 0) is 23.3 Å². The predicted molar refractivity (Wildman–Crippen MR) is 105 cm³/mol. The Balaban J connectivity index is 1.39. The monoisotopic (exact) mass is 395 g/mol. The van der Waals surface area contributed by atoms with Gasteiger partial charge in [0.1, 0.15) is 30.1 Å². The molecule has 1 N–H and O–H groups in total. The molecule has 1 aliphatic rings. The van der Waals surface area contributed by atoms with E-state index < -0.39 is 17.7 Å². The number of hydrogen-bond donors (Lipinski definition) is 1. The molecule has 0 saturated carbocycles. The summed E-state index contributed by atoms with van der Waals surface area (Å²) in [5.41, 5.74) is 1.99. The van der Waals surface area contributed by atoms with Gasteiger partial charge >= 0.3 is 6.09 Å². The van der Waals surface area contributed by atoms with E-state index >= 15 is 0 Å². The standard InChI is InChI=1S/C23H19F2NO3/c24-19-10-5-11-20(25)21(19)18-9-4-8-16-12-17(29-22(16)18)13-26-23(27)28-14-15-6-2-1-3-7-15/h1-11,17H,12-14H2,(H,26,27). The summed E-state index contributed by atoms with van der Waals surface area (Å²) < 4.78 is 39.5. The van der Waals surface area contributed by atoms with Gasteiger partial charge in [-0.1, -0.05) is 54.6 Å². The van der Waals surface area contributed by atoms with Crippen molar-refractivity contribution in [3.63, 3.8) is 0 Å². The van der Waals surface area contributed by atoms with Gasteiger partial charge in [0.05, 0.1) is 12.1 Å². The van der Waals surface area contributed by atoms with Gasteiger partial charge in [-0.15, -0.1) is 0 Å². The molecule has 0 spiro atoms. The van der Waals surface area contributed by atoms with E-state index in [4.69, 9.17) is 9.47 Å². The average Bonchev–Trinajstić information content (AvgIpc) is 3.15. The van der Waals surface area contributed by atoms with Gasteiger partial charge in [0.15, 0.2) is 0 Å². The Kier molecular flexibility index (Phi) is 5.42. The number of para-hydroxylation sites is 1. The maximum Gasteiger partial charge on any atom is 0.407 e. The Bertz CT molecular complexity index is 1000. The molecule has 0 fully saturated rings. The molecule has 4 rings (SSSR count). The number of halogens is 2. The molecule has 3 aromatic rings. The number of hydrogen-bond acceptors (Lipinski definition) is 3. The van der Waals surface area contributed by atoms with Crippen LogP contribution in [0.15, 0.2) is 66.7 Å². The predicted octanol–water partition coefficient (Wildman–Crippen LogP) is 4.86. The van der Waals surface area contributed by atoms with Gasteiger partial charge in [0, 0.05) is 12.0 Å². The van der Waals surface area contributed by atoms with Gasteiger partial charge in [-0.3, -0.25) is 0 Å². The zero-order valence-electron chi connectivity index (χ0n) is 15.5. The molecule has 1 amide bonds. The van der Waals surface area contributed by atoms with Crippen molar-refractivity contribution in [2.45, 2.75) is 19.1 Å². The minimum Gasteiger partial charge on any atom is -0.487 e. The Morgan fingerprint density at radius 1 is 1.00 bits per heavy atom. The summed E-state index contributed by atoms with van der Waals surface area (Å²) >= 11 is 0. The van der Waals surface area contributed by atoms with E-state index in [9.17, 15) is 13.6 Å². The zero-order chi connectivity index (χ0) is 20.2. The Morgan fingerprint density at radius 2 is 1.72 bits per heavy atom. The molecule has 0 saturated heterocycles. The highest BCUT2D eigenvalue weighted by Crippen LogP contribution is 2.40. The number of benzene rings is 3. The number of nitrogens with one attached hydrogen (secondary N) is 1. The molecule has 0 bridgehead atoms. The summed E-state index contributed by atoms with van der Waals surface area (Å²) in [7, 11) is 0. The fourth-order valence-corrected chi connectivity index (χ4v) is 3.38. The molecule has 1 unspecified atom stereocenters. The molecule has 0 aliphatic carbocycles. The first kappa shape index (κ1) is 18.9. The average molecular weight is 395 g/mol. The minimum atomic E-state index is -0.645. The lowest BCUT2D eigenvalue weighted by atomic mass is 9.99. The molecular formula is C23H19F2NO3. The fourth-order valence-electron chi connectivity index (χ4n) is 3.38. The lowest BCUT2D eigenvalue weighted by molar-refractivity contribution is 0.133. The van der Waals surface area contributed by atoms with Crippen LogP contribution < -0.4 is 10.1 Å². The van der Waals surface area contributed by atoms with E-state index in [1.165, 1.54) is 18.2 Å². The summed E-state index contributed by atoms with van der Waals surface area (Å²) in [5, 5.41) is 2.68. The SMILES string of the molecule is O=C(NCC1Cc2cccc(-c3c(F)cccc3F)c2O1)OCc1ccccc1. The van der Waals surface area contributed by atoms with Crippen molar-refractivity contribution < 1.29 is 23.0 Å². The Morgan fingerprint density at radius 3 is 2.48 bits per heavy atom. The molecule has 1 heterocycles. The summed E-state index contributed by atoms with van der Waals surface area (Å²) in [4.78, 5) is 11.9. The van der Waals surface area contributed by atoms with Crippen LogP contribution in [-0.4, -0.2) is 18.7 Å². The summed E-state index contributed by atoms with van der Waals surface area (Å²) in [5.74, 6) is -0.845. The number of rotatable bonds is 5. The molecule has 148 valence electrons. The maximum atomic E-state index is 14.2. The molecule has 4 nitrogen and oxygen atoms in total. The number of amides is 1. The van der Waals surface area contributed by atoms with E-state index in [0.29, 0.717) is 17.7 Å². The Labute approximate surface area is 167 Å². The van der Waals surface area contributed by atoms with E-state index in [1.54, 1.807) is 12.1 Å². The van der Waals surface area contributed by atoms with Crippen LogP contribution in [0, 0.1) is 11.6 Å². The van der Waals surface area contributed by atoms with E-state index in [2.05, 4.69) is 5.32 Å². The summed E-state index contributed by atoms with van der Waals surface area (Å²) in [6.45, 7) is 0.399. The Hall–Kier alpha value is -3.41. The smallest absolute Gasteiger partial charge is 0.407 e. The van der Waals surface area contributed by atoms with Crippen LogP contribution in [-0.2, 0) is 17.8 Å². The van der Waals surface area contributed by atoms with E-state index in [1.807, 2.05) is 36.4 Å². The lowest BCUT2D eigenvalue weighted by Gasteiger charge is -2.14. The first-order valence-electron chi connectivity index (χ1n) is 9.29. The second-order valence-electron chi connectivity index (χ2n) is 6.78. The first-order valence-corrected chi connectivity index (χ1v) is 9.29. The molecule has 6 heteroatoms. The van der Waals surface area contributed by atoms with Crippen LogP contribution >= 0.6 is 0 Å². The quantitative estimate of drug-likeness (QED) is 0.671. The number of carbonyl (C=O) groups is 1. The topological polar surface area (TPSA) is 47.6 Å². The molecule has 1 aliphatic heterocycles. The highest BCUT2D eigenvalue weighted by atomic mass is 19.1. The first-order chi connectivity index (χ1) is 14.1. The summed E-state index contributed by atoms with van der Waals surface area (Å²) in [6, 6.07) is 18.4. The van der Waals surface area contributed by atoms with Crippen molar-refractivity contribution in [1.29, 1.82) is 0 Å². The van der Waals surface area contributed by atoms with Crippen LogP contribution in [0.2, 0.25) is 0 Å². The number of fused-ring (bicyclic) bond motifs is 1. The highest BCUT2D eigenvalue weighted by Gasteiger charge is 2.28. The maximum absolute atomic E-state index is 14.2. The van der Waals surface area contributed by atoms with Crippen molar-refractivity contribution in [1.82, 2.24) is 5.32 Å². The molecule has 0 aromatic heterocycles. The van der Waals surface area contributed by atoms with Crippen LogP contribution in [0.1, 0.15) is 11.1 Å². The molecule has 3 aromatic carbocycles. The van der Waals surface area contributed by atoms with E-state index in [0.717, 1.165) is 11.1 Å². The molecule has 29 heavy (non-hydrogen) atoms. The van der Waals surface area contributed by atoms with Gasteiger partial charge in [0.25, 0.3) is 0 Å². The third kappa shape index (κ3) is 4.21. The van der Waals surface area contributed by atoms with Gasteiger partial charge < -0.3 is 14.8 Å². The third-order valence-electron chi connectivity index (χ3n) is 4.75. The summed E-state index contributed by atoms with van der Waals surface area (Å²) in [6.07, 6.45) is -0.364. The van der Waals surface area contributed by atoms with Crippen LogP contribution in [0.25, 0.3) is 11.1 Å². The van der Waals surface area contributed by atoms with Crippen LogP contribution in [0.3, 0.4) is 0 Å². The van der Waals surface area contributed by atoms with Gasteiger partial charge in [-0.25, -0.2) is 13.6 Å². The molecule has 0 radical (unpaired) electrons. The van der Waals surface area contributed by atoms with Crippen LogP contribution in [0.5, 0.6) is 5.75 Å². The molecule has 1 atom stereocenters. The normalized spacial score (nSPS) is 14.8. The number of carbonyl (C=O) groups excluding carboxylic acids is 1. The minimum absolute atomic E-state index is 0.111. The third-order valence-corrected chi connectivity index (χ3v) is 4.75.